The molecule has 0 spiro atoms. The van der Waals surface area contributed by atoms with Gasteiger partial charge in [-0.3, -0.25) is 4.79 Å². The van der Waals surface area contributed by atoms with Crippen molar-refractivity contribution in [3.8, 4) is 0 Å². The average molecular weight is 220 g/mol. The van der Waals surface area contributed by atoms with Crippen molar-refractivity contribution >= 4 is 5.91 Å². The molecular formula is C10H18F2N2O. The Kier molecular flexibility index (Phi) is 4.94. The summed E-state index contributed by atoms with van der Waals surface area (Å²) in [6.45, 7) is 0.126. The molecule has 88 valence electrons. The Bertz CT molecular complexity index is 204. The van der Waals surface area contributed by atoms with Crippen molar-refractivity contribution in [2.75, 3.05) is 13.1 Å². The standard InChI is InChI=1S/C10H18F2N2O/c11-9(12)6-14-10(15)8-3-1-7(5-13)2-4-8/h7-9H,1-6,13H2,(H,14,15). The lowest BCUT2D eigenvalue weighted by molar-refractivity contribution is -0.126. The van der Waals surface area contributed by atoms with Gasteiger partial charge in [0.15, 0.2) is 0 Å². The molecule has 0 aromatic carbocycles. The summed E-state index contributed by atoms with van der Waals surface area (Å²) >= 11 is 0. The van der Waals surface area contributed by atoms with Crippen LogP contribution in [0.4, 0.5) is 8.78 Å². The fourth-order valence-electron chi connectivity index (χ4n) is 1.98. The maximum Gasteiger partial charge on any atom is 0.255 e. The van der Waals surface area contributed by atoms with Gasteiger partial charge >= 0.3 is 0 Å². The molecule has 0 aliphatic heterocycles. The van der Waals surface area contributed by atoms with Crippen LogP contribution in [-0.4, -0.2) is 25.4 Å². The number of halogens is 2. The molecule has 15 heavy (non-hydrogen) atoms. The van der Waals surface area contributed by atoms with Crippen LogP contribution in [0.1, 0.15) is 25.7 Å². The minimum Gasteiger partial charge on any atom is -0.350 e. The normalized spacial score (nSPS) is 26.7. The van der Waals surface area contributed by atoms with Gasteiger partial charge in [-0.05, 0) is 38.1 Å². The fraction of sp³-hybridized carbons (Fsp3) is 0.900. The summed E-state index contributed by atoms with van der Waals surface area (Å²) in [7, 11) is 0. The van der Waals surface area contributed by atoms with Gasteiger partial charge in [-0.2, -0.15) is 0 Å². The van der Waals surface area contributed by atoms with E-state index >= 15 is 0 Å². The van der Waals surface area contributed by atoms with Crippen LogP contribution >= 0.6 is 0 Å². The summed E-state index contributed by atoms with van der Waals surface area (Å²) in [5, 5.41) is 2.26. The number of hydrogen-bond donors (Lipinski definition) is 2. The Balaban J connectivity index is 2.24. The van der Waals surface area contributed by atoms with Crippen molar-refractivity contribution in [2.24, 2.45) is 17.6 Å². The quantitative estimate of drug-likeness (QED) is 0.746. The Morgan fingerprint density at radius 3 is 2.40 bits per heavy atom. The van der Waals surface area contributed by atoms with Crippen molar-refractivity contribution in [1.82, 2.24) is 5.32 Å². The maximum atomic E-state index is 11.8. The van der Waals surface area contributed by atoms with Gasteiger partial charge in [0.2, 0.25) is 5.91 Å². The minimum atomic E-state index is -2.46. The number of nitrogens with two attached hydrogens (primary N) is 1. The molecule has 0 unspecified atom stereocenters. The molecule has 0 atom stereocenters. The van der Waals surface area contributed by atoms with Crippen LogP contribution in [0, 0.1) is 11.8 Å². The van der Waals surface area contributed by atoms with Crippen molar-refractivity contribution < 1.29 is 13.6 Å². The van der Waals surface area contributed by atoms with Crippen molar-refractivity contribution in [3.63, 3.8) is 0 Å². The summed E-state index contributed by atoms with van der Waals surface area (Å²) in [5.41, 5.74) is 5.52. The van der Waals surface area contributed by atoms with Crippen LogP contribution < -0.4 is 11.1 Å². The summed E-state index contributed by atoms with van der Waals surface area (Å²) in [6, 6.07) is 0. The predicted octanol–water partition coefficient (Wildman–Crippen LogP) is 1.13. The Morgan fingerprint density at radius 1 is 1.33 bits per heavy atom. The van der Waals surface area contributed by atoms with Gasteiger partial charge in [0.1, 0.15) is 0 Å². The third kappa shape index (κ3) is 4.11. The molecule has 1 amide bonds. The number of rotatable bonds is 4. The first-order valence-electron chi connectivity index (χ1n) is 5.39. The van der Waals surface area contributed by atoms with Crippen LogP contribution in [0.15, 0.2) is 0 Å². The van der Waals surface area contributed by atoms with Crippen LogP contribution in [0.25, 0.3) is 0 Å². The second-order valence-electron chi connectivity index (χ2n) is 4.09. The lowest BCUT2D eigenvalue weighted by Crippen LogP contribution is -2.36. The van der Waals surface area contributed by atoms with Gasteiger partial charge in [0, 0.05) is 5.92 Å². The molecular weight excluding hydrogens is 202 g/mol. The van der Waals surface area contributed by atoms with E-state index in [1.165, 1.54) is 0 Å². The second kappa shape index (κ2) is 6.00. The topological polar surface area (TPSA) is 55.1 Å². The first kappa shape index (κ1) is 12.4. The largest absolute Gasteiger partial charge is 0.350 e. The van der Waals surface area contributed by atoms with Crippen LogP contribution in [0.2, 0.25) is 0 Å². The molecule has 0 aromatic heterocycles. The maximum absolute atomic E-state index is 11.8. The Labute approximate surface area is 88.4 Å². The fourth-order valence-corrected chi connectivity index (χ4v) is 1.98. The monoisotopic (exact) mass is 220 g/mol. The highest BCUT2D eigenvalue weighted by molar-refractivity contribution is 5.78. The molecule has 3 N–H and O–H groups in total. The first-order chi connectivity index (χ1) is 7.13. The van der Waals surface area contributed by atoms with Gasteiger partial charge in [-0.15, -0.1) is 0 Å². The van der Waals surface area contributed by atoms with Crippen LogP contribution in [0.5, 0.6) is 0 Å². The van der Waals surface area contributed by atoms with Gasteiger partial charge < -0.3 is 11.1 Å². The molecule has 1 aliphatic carbocycles. The molecule has 0 heterocycles. The number of amides is 1. The number of nitrogens with one attached hydrogen (secondary N) is 1. The van der Waals surface area contributed by atoms with Crippen LogP contribution in [0.3, 0.4) is 0 Å². The van der Waals surface area contributed by atoms with Crippen molar-refractivity contribution in [1.29, 1.82) is 0 Å². The minimum absolute atomic E-state index is 0.0912. The summed E-state index contributed by atoms with van der Waals surface area (Å²) < 4.78 is 23.7. The van der Waals surface area contributed by atoms with E-state index in [1.54, 1.807) is 0 Å². The molecule has 0 aromatic rings. The van der Waals surface area contributed by atoms with Crippen LogP contribution in [-0.2, 0) is 4.79 Å². The van der Waals surface area contributed by atoms with E-state index in [-0.39, 0.29) is 11.8 Å². The summed E-state index contributed by atoms with van der Waals surface area (Å²) in [5.74, 6) is 0.182. The highest BCUT2D eigenvalue weighted by Gasteiger charge is 2.25. The van der Waals surface area contributed by atoms with Crippen molar-refractivity contribution in [2.45, 2.75) is 32.1 Å². The van der Waals surface area contributed by atoms with E-state index in [0.29, 0.717) is 12.5 Å². The van der Waals surface area contributed by atoms with E-state index < -0.39 is 13.0 Å². The van der Waals surface area contributed by atoms with Gasteiger partial charge in [-0.25, -0.2) is 8.78 Å². The molecule has 0 bridgehead atoms. The number of carbonyl (C=O) groups is 1. The van der Waals surface area contributed by atoms with E-state index in [4.69, 9.17) is 5.73 Å². The van der Waals surface area contributed by atoms with E-state index in [9.17, 15) is 13.6 Å². The summed E-state index contributed by atoms with van der Waals surface area (Å²) in [4.78, 5) is 11.4. The van der Waals surface area contributed by atoms with E-state index in [1.807, 2.05) is 0 Å². The number of carbonyl (C=O) groups excluding carboxylic acids is 1. The number of alkyl halides is 2. The molecule has 0 radical (unpaired) electrons. The highest BCUT2D eigenvalue weighted by atomic mass is 19.3. The first-order valence-corrected chi connectivity index (χ1v) is 5.39. The Hall–Kier alpha value is -0.710. The lowest BCUT2D eigenvalue weighted by atomic mass is 9.81. The van der Waals surface area contributed by atoms with Gasteiger partial charge in [-0.1, -0.05) is 0 Å². The smallest absolute Gasteiger partial charge is 0.255 e. The molecule has 3 nitrogen and oxygen atoms in total. The SMILES string of the molecule is NCC1CCC(C(=O)NCC(F)F)CC1. The molecule has 5 heteroatoms. The van der Waals surface area contributed by atoms with E-state index in [0.717, 1.165) is 25.7 Å². The molecule has 0 saturated heterocycles. The molecule has 1 fully saturated rings. The third-order valence-corrected chi connectivity index (χ3v) is 2.98. The van der Waals surface area contributed by atoms with Gasteiger partial charge in [0.25, 0.3) is 6.43 Å². The zero-order valence-corrected chi connectivity index (χ0v) is 8.72. The zero-order valence-electron chi connectivity index (χ0n) is 8.72. The second-order valence-corrected chi connectivity index (χ2v) is 4.09. The highest BCUT2D eigenvalue weighted by Crippen LogP contribution is 2.28. The molecule has 1 aliphatic rings. The number of hydrogen-bond acceptors (Lipinski definition) is 2. The van der Waals surface area contributed by atoms with Crippen molar-refractivity contribution in [3.05, 3.63) is 0 Å². The summed E-state index contributed by atoms with van der Waals surface area (Å²) in [6.07, 6.45) is 0.953. The van der Waals surface area contributed by atoms with E-state index in [2.05, 4.69) is 5.32 Å². The molecule has 1 saturated carbocycles. The third-order valence-electron chi connectivity index (χ3n) is 2.98. The molecule has 1 rings (SSSR count). The zero-order chi connectivity index (χ0) is 11.3. The lowest BCUT2D eigenvalue weighted by Gasteiger charge is -2.26. The average Bonchev–Trinajstić information content (AvgIpc) is 2.26. The van der Waals surface area contributed by atoms with Gasteiger partial charge in [0.05, 0.1) is 6.54 Å². The predicted molar refractivity (Wildman–Crippen MR) is 53.5 cm³/mol. The Morgan fingerprint density at radius 2 is 1.93 bits per heavy atom.